The van der Waals surface area contributed by atoms with E-state index in [1.807, 2.05) is 6.92 Å². The van der Waals surface area contributed by atoms with Gasteiger partial charge in [-0.2, -0.15) is 0 Å². The van der Waals surface area contributed by atoms with Gasteiger partial charge < -0.3 is 14.9 Å². The van der Waals surface area contributed by atoms with Crippen LogP contribution in [0.25, 0.3) is 0 Å². The quantitative estimate of drug-likeness (QED) is 0.412. The van der Waals surface area contributed by atoms with Gasteiger partial charge in [-0.15, -0.1) is 6.58 Å². The van der Waals surface area contributed by atoms with E-state index in [0.717, 1.165) is 0 Å². The summed E-state index contributed by atoms with van der Waals surface area (Å²) < 4.78 is 4.61. The monoisotopic (exact) mass is 250 g/mol. The second-order valence-corrected chi connectivity index (χ2v) is 3.46. The summed E-state index contributed by atoms with van der Waals surface area (Å²) in [5.74, 6) is -0.689. The van der Waals surface area contributed by atoms with Gasteiger partial charge in [-0.05, 0) is 38.7 Å². The van der Waals surface area contributed by atoms with E-state index in [9.17, 15) is 9.90 Å². The van der Waals surface area contributed by atoms with E-state index in [0.29, 0.717) is 0 Å². The maximum absolute atomic E-state index is 11.0. The molecule has 0 amide bonds. The molecule has 2 unspecified atom stereocenters. The minimum Gasteiger partial charge on any atom is -0.464 e. The molecule has 0 rings (SSSR count). The summed E-state index contributed by atoms with van der Waals surface area (Å²) in [6.45, 7) is 9.98. The van der Waals surface area contributed by atoms with Gasteiger partial charge in [0.05, 0.1) is 12.7 Å². The predicted octanol–water partition coefficient (Wildman–Crippen LogP) is -0.188. The molecule has 4 nitrogen and oxygen atoms in total. The standard InChI is InChI=1S/C8H16O4.C3H6.H4Si/c1-4-12-7(10)8(3,11)5-6(2)9;1-3-2;/h6,9,11H,4-5H2,1-3H3;3H,1H2,2H3;1H4. The third-order valence-corrected chi connectivity index (χ3v) is 1.41. The van der Waals surface area contributed by atoms with Crippen molar-refractivity contribution >= 4 is 16.9 Å². The maximum Gasteiger partial charge on any atom is 0.337 e. The lowest BCUT2D eigenvalue weighted by Crippen LogP contribution is -2.39. The fraction of sp³-hybridized carbons (Fsp3) is 0.727. The number of hydrogen-bond donors (Lipinski definition) is 2. The molecule has 0 aromatic carbocycles. The summed E-state index contributed by atoms with van der Waals surface area (Å²) >= 11 is 0. The largest absolute Gasteiger partial charge is 0.464 e. The van der Waals surface area contributed by atoms with Crippen LogP contribution in [0.1, 0.15) is 34.1 Å². The van der Waals surface area contributed by atoms with Crippen molar-refractivity contribution in [3.8, 4) is 0 Å². The Bertz CT molecular complexity index is 190. The zero-order valence-electron chi connectivity index (χ0n) is 9.99. The summed E-state index contributed by atoms with van der Waals surface area (Å²) in [6.07, 6.45) is 1.02. The van der Waals surface area contributed by atoms with E-state index in [4.69, 9.17) is 5.11 Å². The molecule has 0 radical (unpaired) electrons. The van der Waals surface area contributed by atoms with Gasteiger partial charge in [-0.1, -0.05) is 6.08 Å². The van der Waals surface area contributed by atoms with Crippen molar-refractivity contribution in [3.63, 3.8) is 0 Å². The van der Waals surface area contributed by atoms with E-state index < -0.39 is 17.7 Å². The van der Waals surface area contributed by atoms with Crippen molar-refractivity contribution in [1.82, 2.24) is 0 Å². The topological polar surface area (TPSA) is 66.8 Å². The molecule has 0 aliphatic rings. The Balaban J connectivity index is -0.000000377. The fourth-order valence-electron chi connectivity index (χ4n) is 0.945. The summed E-state index contributed by atoms with van der Waals surface area (Å²) in [6, 6.07) is 0. The molecule has 0 aliphatic heterocycles. The van der Waals surface area contributed by atoms with Crippen LogP contribution in [0.2, 0.25) is 0 Å². The zero-order chi connectivity index (χ0) is 12.5. The van der Waals surface area contributed by atoms with Crippen LogP contribution in [0.4, 0.5) is 0 Å². The van der Waals surface area contributed by atoms with Crippen LogP contribution in [-0.4, -0.2) is 45.5 Å². The highest BCUT2D eigenvalue weighted by molar-refractivity contribution is 5.78. The molecule has 98 valence electrons. The molecule has 5 heteroatoms. The highest BCUT2D eigenvalue weighted by Gasteiger charge is 2.32. The number of esters is 1. The van der Waals surface area contributed by atoms with Gasteiger partial charge in [0.25, 0.3) is 0 Å². The Hall–Kier alpha value is -0.653. The summed E-state index contributed by atoms with van der Waals surface area (Å²) in [7, 11) is 0. The van der Waals surface area contributed by atoms with Gasteiger partial charge in [0.1, 0.15) is 0 Å². The molecule has 0 saturated heterocycles. The summed E-state index contributed by atoms with van der Waals surface area (Å²) in [4.78, 5) is 11.0. The first-order valence-corrected chi connectivity index (χ1v) is 4.96. The molecule has 0 fully saturated rings. The second kappa shape index (κ2) is 10.9. The molecule has 0 spiro atoms. The zero-order valence-corrected chi connectivity index (χ0v) is 9.99. The highest BCUT2D eigenvalue weighted by Crippen LogP contribution is 2.13. The van der Waals surface area contributed by atoms with Gasteiger partial charge in [-0.25, -0.2) is 4.79 Å². The molecular formula is C11H26O4Si. The van der Waals surface area contributed by atoms with Gasteiger partial charge in [0, 0.05) is 6.42 Å². The molecule has 0 aromatic heterocycles. The van der Waals surface area contributed by atoms with Crippen molar-refractivity contribution in [2.75, 3.05) is 6.61 Å². The predicted molar refractivity (Wildman–Crippen MR) is 70.8 cm³/mol. The highest BCUT2D eigenvalue weighted by atomic mass is 28.1. The number of carbonyl (C=O) groups excluding carboxylic acids is 1. The molecule has 2 N–H and O–H groups in total. The first-order chi connectivity index (χ1) is 6.81. The van der Waals surface area contributed by atoms with Crippen molar-refractivity contribution in [2.24, 2.45) is 0 Å². The number of aliphatic hydroxyl groups is 2. The SMILES string of the molecule is C=CC.CCOC(=O)C(C)(O)CC(C)O.[SiH4]. The number of allylic oxidation sites excluding steroid dienone is 1. The Morgan fingerprint density at radius 3 is 2.25 bits per heavy atom. The molecule has 0 aromatic rings. The lowest BCUT2D eigenvalue weighted by atomic mass is 10.00. The lowest BCUT2D eigenvalue weighted by molar-refractivity contribution is -0.165. The number of aliphatic hydroxyl groups excluding tert-OH is 1. The van der Waals surface area contributed by atoms with Crippen molar-refractivity contribution in [3.05, 3.63) is 12.7 Å². The maximum atomic E-state index is 11.0. The number of ether oxygens (including phenoxy) is 1. The van der Waals surface area contributed by atoms with Gasteiger partial charge in [0.15, 0.2) is 5.60 Å². The van der Waals surface area contributed by atoms with Crippen molar-refractivity contribution < 1.29 is 19.7 Å². The van der Waals surface area contributed by atoms with Crippen molar-refractivity contribution in [2.45, 2.75) is 45.8 Å². The summed E-state index contributed by atoms with van der Waals surface area (Å²) in [5, 5.41) is 18.4. The molecule has 0 bridgehead atoms. The Morgan fingerprint density at radius 2 is 2.00 bits per heavy atom. The van der Waals surface area contributed by atoms with Crippen LogP contribution >= 0.6 is 0 Å². The van der Waals surface area contributed by atoms with Crippen LogP contribution in [0, 0.1) is 0 Å². The van der Waals surface area contributed by atoms with E-state index in [1.54, 1.807) is 13.0 Å². The molecule has 0 saturated carbocycles. The Kier molecular flexibility index (Phi) is 14.1. The molecule has 0 heterocycles. The van der Waals surface area contributed by atoms with Gasteiger partial charge in [0.2, 0.25) is 0 Å². The smallest absolute Gasteiger partial charge is 0.337 e. The molecule has 2 atom stereocenters. The summed E-state index contributed by atoms with van der Waals surface area (Å²) in [5.41, 5.74) is -1.58. The number of rotatable bonds is 4. The van der Waals surface area contributed by atoms with Gasteiger partial charge in [-0.3, -0.25) is 0 Å². The Labute approximate surface area is 102 Å². The van der Waals surface area contributed by atoms with E-state index in [1.165, 1.54) is 13.8 Å². The van der Waals surface area contributed by atoms with Crippen LogP contribution in [0.3, 0.4) is 0 Å². The fourth-order valence-corrected chi connectivity index (χ4v) is 0.945. The number of carbonyl (C=O) groups is 1. The minimum atomic E-state index is -1.58. The molecule has 0 aliphatic carbocycles. The Morgan fingerprint density at radius 1 is 1.62 bits per heavy atom. The second-order valence-electron chi connectivity index (χ2n) is 3.46. The van der Waals surface area contributed by atoms with E-state index >= 15 is 0 Å². The molecular weight excluding hydrogens is 224 g/mol. The van der Waals surface area contributed by atoms with Crippen LogP contribution in [-0.2, 0) is 9.53 Å². The van der Waals surface area contributed by atoms with E-state index in [-0.39, 0.29) is 24.0 Å². The minimum absolute atomic E-state index is 0. The van der Waals surface area contributed by atoms with Crippen LogP contribution < -0.4 is 0 Å². The van der Waals surface area contributed by atoms with Crippen LogP contribution in [0.5, 0.6) is 0 Å². The third-order valence-electron chi connectivity index (χ3n) is 1.41. The molecule has 16 heavy (non-hydrogen) atoms. The first kappa shape index (κ1) is 20.7. The van der Waals surface area contributed by atoms with Crippen LogP contribution in [0.15, 0.2) is 12.7 Å². The van der Waals surface area contributed by atoms with E-state index in [2.05, 4.69) is 11.3 Å². The first-order valence-electron chi connectivity index (χ1n) is 4.96. The normalized spacial score (nSPS) is 14.4. The number of hydrogen-bond acceptors (Lipinski definition) is 4. The average molecular weight is 250 g/mol. The average Bonchev–Trinajstić information content (AvgIpc) is 2.03. The van der Waals surface area contributed by atoms with Gasteiger partial charge >= 0.3 is 5.97 Å². The lowest BCUT2D eigenvalue weighted by Gasteiger charge is -2.21. The van der Waals surface area contributed by atoms with Crippen molar-refractivity contribution in [1.29, 1.82) is 0 Å². The third kappa shape index (κ3) is 11.4.